The average Bonchev–Trinajstić information content (AvgIpc) is 2.46. The van der Waals surface area contributed by atoms with Crippen LogP contribution in [0.5, 0.6) is 5.75 Å². The first-order chi connectivity index (χ1) is 9.33. The average molecular weight is 255 g/mol. The maximum absolute atomic E-state index is 9.86. The first-order valence-corrected chi connectivity index (χ1v) is 6.51. The Bertz CT molecular complexity index is 554. The SMILES string of the molecule is O[C@@H]1CNCc2cc(OCc3ccccc3)ccc21. The molecule has 2 aromatic carbocycles. The van der Waals surface area contributed by atoms with E-state index in [1.807, 2.05) is 48.5 Å². The zero-order valence-corrected chi connectivity index (χ0v) is 10.7. The summed E-state index contributed by atoms with van der Waals surface area (Å²) in [7, 11) is 0. The topological polar surface area (TPSA) is 41.5 Å². The van der Waals surface area contributed by atoms with E-state index in [1.54, 1.807) is 0 Å². The molecule has 1 aliphatic heterocycles. The highest BCUT2D eigenvalue weighted by molar-refractivity contribution is 5.38. The van der Waals surface area contributed by atoms with Gasteiger partial charge in [0.2, 0.25) is 0 Å². The molecule has 3 nitrogen and oxygen atoms in total. The summed E-state index contributed by atoms with van der Waals surface area (Å²) in [6, 6.07) is 16.0. The minimum Gasteiger partial charge on any atom is -0.489 e. The van der Waals surface area contributed by atoms with Gasteiger partial charge in [-0.05, 0) is 28.8 Å². The summed E-state index contributed by atoms with van der Waals surface area (Å²) in [5.74, 6) is 0.846. The second-order valence-corrected chi connectivity index (χ2v) is 4.78. The lowest BCUT2D eigenvalue weighted by atomic mass is 9.98. The number of fused-ring (bicyclic) bond motifs is 1. The summed E-state index contributed by atoms with van der Waals surface area (Å²) < 4.78 is 5.78. The van der Waals surface area contributed by atoms with E-state index in [-0.39, 0.29) is 0 Å². The maximum Gasteiger partial charge on any atom is 0.120 e. The van der Waals surface area contributed by atoms with Crippen LogP contribution >= 0.6 is 0 Å². The van der Waals surface area contributed by atoms with E-state index in [9.17, 15) is 5.11 Å². The van der Waals surface area contributed by atoms with E-state index >= 15 is 0 Å². The van der Waals surface area contributed by atoms with E-state index in [0.29, 0.717) is 13.2 Å². The quantitative estimate of drug-likeness (QED) is 0.885. The molecule has 0 radical (unpaired) electrons. The van der Waals surface area contributed by atoms with Gasteiger partial charge in [0.1, 0.15) is 12.4 Å². The molecule has 0 fully saturated rings. The second kappa shape index (κ2) is 5.43. The van der Waals surface area contributed by atoms with Gasteiger partial charge >= 0.3 is 0 Å². The molecular formula is C16H17NO2. The Morgan fingerprint density at radius 2 is 2.00 bits per heavy atom. The van der Waals surface area contributed by atoms with Crippen molar-refractivity contribution in [3.05, 3.63) is 65.2 Å². The summed E-state index contributed by atoms with van der Waals surface area (Å²) in [6.07, 6.45) is -0.410. The van der Waals surface area contributed by atoms with Crippen LogP contribution in [0.4, 0.5) is 0 Å². The van der Waals surface area contributed by atoms with Crippen LogP contribution in [0.15, 0.2) is 48.5 Å². The van der Waals surface area contributed by atoms with E-state index in [4.69, 9.17) is 4.74 Å². The Hall–Kier alpha value is -1.84. The Kier molecular flexibility index (Phi) is 3.49. The number of ether oxygens (including phenoxy) is 1. The largest absolute Gasteiger partial charge is 0.489 e. The Morgan fingerprint density at radius 1 is 1.16 bits per heavy atom. The van der Waals surface area contributed by atoms with Gasteiger partial charge in [0.25, 0.3) is 0 Å². The molecule has 0 aromatic heterocycles. The molecule has 0 bridgehead atoms. The number of β-amino-alcohol motifs (C(OH)–C–C–N with tert-alkyl or cyclic N) is 1. The van der Waals surface area contributed by atoms with Crippen molar-refractivity contribution in [3.63, 3.8) is 0 Å². The maximum atomic E-state index is 9.86. The van der Waals surface area contributed by atoms with Crippen molar-refractivity contribution >= 4 is 0 Å². The summed E-state index contributed by atoms with van der Waals surface area (Å²) >= 11 is 0. The van der Waals surface area contributed by atoms with E-state index in [2.05, 4.69) is 5.32 Å². The van der Waals surface area contributed by atoms with Crippen molar-refractivity contribution in [1.29, 1.82) is 0 Å². The van der Waals surface area contributed by atoms with Crippen LogP contribution in [0.3, 0.4) is 0 Å². The number of aliphatic hydroxyl groups is 1. The van der Waals surface area contributed by atoms with E-state index < -0.39 is 6.10 Å². The monoisotopic (exact) mass is 255 g/mol. The molecule has 3 rings (SSSR count). The van der Waals surface area contributed by atoms with E-state index in [0.717, 1.165) is 29.0 Å². The first kappa shape index (κ1) is 12.2. The fraction of sp³-hybridized carbons (Fsp3) is 0.250. The van der Waals surface area contributed by atoms with Crippen LogP contribution in [0.25, 0.3) is 0 Å². The molecule has 3 heteroatoms. The van der Waals surface area contributed by atoms with Gasteiger partial charge in [0.15, 0.2) is 0 Å². The summed E-state index contributed by atoms with van der Waals surface area (Å²) in [5, 5.41) is 13.0. The highest BCUT2D eigenvalue weighted by Crippen LogP contribution is 2.26. The van der Waals surface area contributed by atoms with Crippen molar-refractivity contribution in [2.75, 3.05) is 6.54 Å². The Morgan fingerprint density at radius 3 is 2.84 bits per heavy atom. The fourth-order valence-electron chi connectivity index (χ4n) is 2.34. The number of hydrogen-bond donors (Lipinski definition) is 2. The number of rotatable bonds is 3. The predicted molar refractivity (Wildman–Crippen MR) is 73.9 cm³/mol. The zero-order chi connectivity index (χ0) is 13.1. The highest BCUT2D eigenvalue weighted by atomic mass is 16.5. The second-order valence-electron chi connectivity index (χ2n) is 4.78. The molecule has 0 aliphatic carbocycles. The van der Waals surface area contributed by atoms with Crippen molar-refractivity contribution in [2.24, 2.45) is 0 Å². The van der Waals surface area contributed by atoms with Gasteiger partial charge in [-0.2, -0.15) is 0 Å². The van der Waals surface area contributed by atoms with E-state index in [1.165, 1.54) is 0 Å². The van der Waals surface area contributed by atoms with Crippen molar-refractivity contribution in [2.45, 2.75) is 19.3 Å². The molecule has 19 heavy (non-hydrogen) atoms. The number of hydrogen-bond acceptors (Lipinski definition) is 3. The Balaban J connectivity index is 1.72. The molecule has 98 valence electrons. The third-order valence-corrected chi connectivity index (χ3v) is 3.37. The van der Waals surface area contributed by atoms with Gasteiger partial charge in [-0.3, -0.25) is 0 Å². The first-order valence-electron chi connectivity index (χ1n) is 6.51. The molecule has 1 aliphatic rings. The third-order valence-electron chi connectivity index (χ3n) is 3.37. The zero-order valence-electron chi connectivity index (χ0n) is 10.7. The molecular weight excluding hydrogens is 238 g/mol. The normalized spacial score (nSPS) is 17.8. The van der Waals surface area contributed by atoms with Crippen LogP contribution in [0.1, 0.15) is 22.8 Å². The minimum absolute atomic E-state index is 0.410. The third kappa shape index (κ3) is 2.78. The van der Waals surface area contributed by atoms with Crippen molar-refractivity contribution in [3.8, 4) is 5.75 Å². The number of nitrogens with one attached hydrogen (secondary N) is 1. The summed E-state index contributed by atoms with van der Waals surface area (Å²) in [6.45, 7) is 1.97. The standard InChI is InChI=1S/C16H17NO2/c18-16-10-17-9-13-8-14(6-7-15(13)16)19-11-12-4-2-1-3-5-12/h1-8,16-18H,9-11H2/t16-/m1/s1. The van der Waals surface area contributed by atoms with Gasteiger partial charge in [-0.15, -0.1) is 0 Å². The number of aliphatic hydroxyl groups excluding tert-OH is 1. The van der Waals surface area contributed by atoms with Gasteiger partial charge in [0.05, 0.1) is 6.10 Å². The molecule has 0 spiro atoms. The fourth-order valence-corrected chi connectivity index (χ4v) is 2.34. The van der Waals surface area contributed by atoms with Gasteiger partial charge in [0, 0.05) is 13.1 Å². The van der Waals surface area contributed by atoms with Crippen LogP contribution in [-0.4, -0.2) is 11.7 Å². The lowest BCUT2D eigenvalue weighted by molar-refractivity contribution is 0.165. The van der Waals surface area contributed by atoms with Crippen molar-refractivity contribution in [1.82, 2.24) is 5.32 Å². The molecule has 0 amide bonds. The van der Waals surface area contributed by atoms with Crippen LogP contribution in [0.2, 0.25) is 0 Å². The van der Waals surface area contributed by atoms with Crippen LogP contribution < -0.4 is 10.1 Å². The van der Waals surface area contributed by atoms with Crippen molar-refractivity contribution < 1.29 is 9.84 Å². The minimum atomic E-state index is -0.410. The summed E-state index contributed by atoms with van der Waals surface area (Å²) in [4.78, 5) is 0. The molecule has 0 saturated carbocycles. The summed E-state index contributed by atoms with van der Waals surface area (Å²) in [5.41, 5.74) is 3.27. The highest BCUT2D eigenvalue weighted by Gasteiger charge is 2.17. The predicted octanol–water partition coefficient (Wildman–Crippen LogP) is 2.40. The Labute approximate surface area is 112 Å². The van der Waals surface area contributed by atoms with Gasteiger partial charge < -0.3 is 15.2 Å². The molecule has 0 unspecified atom stereocenters. The molecule has 1 heterocycles. The van der Waals surface area contributed by atoms with Gasteiger partial charge in [-0.25, -0.2) is 0 Å². The molecule has 1 atom stereocenters. The van der Waals surface area contributed by atoms with Gasteiger partial charge in [-0.1, -0.05) is 36.4 Å². The van der Waals surface area contributed by atoms with Crippen LogP contribution in [-0.2, 0) is 13.2 Å². The number of benzene rings is 2. The molecule has 2 N–H and O–H groups in total. The lowest BCUT2D eigenvalue weighted by Gasteiger charge is -2.23. The molecule has 0 saturated heterocycles. The smallest absolute Gasteiger partial charge is 0.120 e. The lowest BCUT2D eigenvalue weighted by Crippen LogP contribution is -2.27. The molecule has 2 aromatic rings. The van der Waals surface area contributed by atoms with Crippen LogP contribution in [0, 0.1) is 0 Å².